The first kappa shape index (κ1) is 25.0. The van der Waals surface area contributed by atoms with Gasteiger partial charge in [-0.2, -0.15) is 4.31 Å². The van der Waals surface area contributed by atoms with Crippen molar-refractivity contribution in [2.45, 2.75) is 37.5 Å². The maximum atomic E-state index is 13.2. The summed E-state index contributed by atoms with van der Waals surface area (Å²) in [5.74, 6) is -1.22. The molecule has 0 aliphatic carbocycles. The molecular weight excluding hydrogens is 468 g/mol. The molecule has 33 heavy (non-hydrogen) atoms. The van der Waals surface area contributed by atoms with Gasteiger partial charge in [0, 0.05) is 23.8 Å². The molecule has 1 fully saturated rings. The SMILES string of the molecule is COc1ccc(C(=O)OCC(=O)Nc2ccc(C)c(Cl)c2)cc1S(=O)(=O)N1CCCCCC1. The molecule has 0 aromatic heterocycles. The molecule has 0 saturated carbocycles. The number of hydrogen-bond donors (Lipinski definition) is 1. The van der Waals surface area contributed by atoms with Crippen LogP contribution in [0.4, 0.5) is 5.69 Å². The lowest BCUT2D eigenvalue weighted by Gasteiger charge is -2.21. The van der Waals surface area contributed by atoms with Gasteiger partial charge in [-0.15, -0.1) is 0 Å². The van der Waals surface area contributed by atoms with Crippen LogP contribution in [0.1, 0.15) is 41.6 Å². The van der Waals surface area contributed by atoms with Crippen molar-refractivity contribution in [2.24, 2.45) is 0 Å². The molecule has 0 atom stereocenters. The number of halogens is 1. The smallest absolute Gasteiger partial charge is 0.338 e. The minimum Gasteiger partial charge on any atom is -0.495 e. The fourth-order valence-electron chi connectivity index (χ4n) is 3.51. The van der Waals surface area contributed by atoms with Crippen LogP contribution in [-0.2, 0) is 19.6 Å². The van der Waals surface area contributed by atoms with Crippen LogP contribution in [0.25, 0.3) is 0 Å². The van der Waals surface area contributed by atoms with Crippen molar-refractivity contribution in [3.63, 3.8) is 0 Å². The van der Waals surface area contributed by atoms with E-state index in [2.05, 4.69) is 5.32 Å². The van der Waals surface area contributed by atoms with Gasteiger partial charge in [-0.25, -0.2) is 13.2 Å². The molecule has 8 nitrogen and oxygen atoms in total. The van der Waals surface area contributed by atoms with E-state index < -0.39 is 28.5 Å². The molecule has 10 heteroatoms. The fourth-order valence-corrected chi connectivity index (χ4v) is 5.39. The number of benzene rings is 2. The van der Waals surface area contributed by atoms with Gasteiger partial charge in [0.15, 0.2) is 6.61 Å². The Morgan fingerprint density at radius 1 is 1.06 bits per heavy atom. The van der Waals surface area contributed by atoms with E-state index in [0.29, 0.717) is 23.8 Å². The summed E-state index contributed by atoms with van der Waals surface area (Å²) in [4.78, 5) is 24.6. The highest BCUT2D eigenvalue weighted by Gasteiger charge is 2.29. The van der Waals surface area contributed by atoms with Gasteiger partial charge in [-0.1, -0.05) is 30.5 Å². The highest BCUT2D eigenvalue weighted by Crippen LogP contribution is 2.29. The molecule has 1 aliphatic rings. The van der Waals surface area contributed by atoms with Crippen molar-refractivity contribution in [3.8, 4) is 5.75 Å². The largest absolute Gasteiger partial charge is 0.495 e. The first-order valence-electron chi connectivity index (χ1n) is 10.6. The summed E-state index contributed by atoms with van der Waals surface area (Å²) in [5, 5.41) is 3.10. The number of amides is 1. The number of sulfonamides is 1. The van der Waals surface area contributed by atoms with Crippen LogP contribution < -0.4 is 10.1 Å². The van der Waals surface area contributed by atoms with Gasteiger partial charge in [-0.3, -0.25) is 4.79 Å². The minimum absolute atomic E-state index is 0.00961. The Morgan fingerprint density at radius 2 is 1.76 bits per heavy atom. The fraction of sp³-hybridized carbons (Fsp3) is 0.391. The van der Waals surface area contributed by atoms with Crippen LogP contribution in [0.3, 0.4) is 0 Å². The number of carbonyl (C=O) groups excluding carboxylic acids is 2. The molecule has 178 valence electrons. The van der Waals surface area contributed by atoms with Crippen molar-refractivity contribution in [1.29, 1.82) is 0 Å². The Hall–Kier alpha value is -2.62. The summed E-state index contributed by atoms with van der Waals surface area (Å²) in [6, 6.07) is 9.09. The van der Waals surface area contributed by atoms with E-state index in [1.807, 2.05) is 6.92 Å². The number of aryl methyl sites for hydroxylation is 1. The van der Waals surface area contributed by atoms with E-state index >= 15 is 0 Å². The van der Waals surface area contributed by atoms with E-state index in [9.17, 15) is 18.0 Å². The number of ether oxygens (including phenoxy) is 2. The molecule has 0 unspecified atom stereocenters. The lowest BCUT2D eigenvalue weighted by Crippen LogP contribution is -2.32. The van der Waals surface area contributed by atoms with Crippen LogP contribution in [0.2, 0.25) is 5.02 Å². The third-order valence-corrected chi connectivity index (χ3v) is 7.70. The van der Waals surface area contributed by atoms with Gasteiger partial charge in [-0.05, 0) is 55.7 Å². The van der Waals surface area contributed by atoms with Crippen LogP contribution in [0, 0.1) is 6.92 Å². The Balaban J connectivity index is 1.71. The van der Waals surface area contributed by atoms with Gasteiger partial charge in [0.05, 0.1) is 12.7 Å². The van der Waals surface area contributed by atoms with Crippen LogP contribution >= 0.6 is 11.6 Å². The summed E-state index contributed by atoms with van der Waals surface area (Å²) in [7, 11) is -2.48. The number of methoxy groups -OCH3 is 1. The predicted molar refractivity (Wildman–Crippen MR) is 125 cm³/mol. The van der Waals surface area contributed by atoms with E-state index in [-0.39, 0.29) is 16.2 Å². The van der Waals surface area contributed by atoms with Gasteiger partial charge in [0.1, 0.15) is 10.6 Å². The molecule has 0 radical (unpaired) electrons. The van der Waals surface area contributed by atoms with Crippen LogP contribution in [0.15, 0.2) is 41.3 Å². The van der Waals surface area contributed by atoms with Gasteiger partial charge >= 0.3 is 5.97 Å². The first-order chi connectivity index (χ1) is 15.7. The number of hydrogen-bond acceptors (Lipinski definition) is 6. The maximum absolute atomic E-state index is 13.2. The summed E-state index contributed by atoms with van der Waals surface area (Å²) >= 11 is 6.05. The summed E-state index contributed by atoms with van der Waals surface area (Å²) in [5.41, 5.74) is 1.35. The monoisotopic (exact) mass is 494 g/mol. The second-order valence-electron chi connectivity index (χ2n) is 7.77. The van der Waals surface area contributed by atoms with Crippen molar-refractivity contribution >= 4 is 39.2 Å². The van der Waals surface area contributed by atoms with E-state index in [1.54, 1.807) is 18.2 Å². The Morgan fingerprint density at radius 3 is 2.39 bits per heavy atom. The molecule has 2 aromatic carbocycles. The van der Waals surface area contributed by atoms with Gasteiger partial charge in [0.25, 0.3) is 5.91 Å². The predicted octanol–water partition coefficient (Wildman–Crippen LogP) is 4.02. The number of rotatable bonds is 7. The van der Waals surface area contributed by atoms with Crippen molar-refractivity contribution in [3.05, 3.63) is 52.5 Å². The molecule has 1 aliphatic heterocycles. The number of esters is 1. The molecule has 1 heterocycles. The van der Waals surface area contributed by atoms with Crippen LogP contribution in [-0.4, -0.2) is 51.4 Å². The number of nitrogens with zero attached hydrogens (tertiary/aromatic N) is 1. The van der Waals surface area contributed by atoms with E-state index in [4.69, 9.17) is 21.1 Å². The summed E-state index contributed by atoms with van der Waals surface area (Å²) < 4.78 is 38.2. The topological polar surface area (TPSA) is 102 Å². The normalized spacial score (nSPS) is 14.9. The van der Waals surface area contributed by atoms with Gasteiger partial charge in [0.2, 0.25) is 10.0 Å². The number of carbonyl (C=O) groups is 2. The lowest BCUT2D eigenvalue weighted by atomic mass is 10.2. The third kappa shape index (κ3) is 6.25. The number of nitrogens with one attached hydrogen (secondary N) is 1. The Labute approximate surface area is 198 Å². The molecule has 1 saturated heterocycles. The second kappa shape index (κ2) is 11.0. The number of anilines is 1. The third-order valence-electron chi connectivity index (χ3n) is 5.37. The molecule has 1 N–H and O–H groups in total. The Kier molecular flexibility index (Phi) is 8.34. The average Bonchev–Trinajstić information content (AvgIpc) is 3.10. The maximum Gasteiger partial charge on any atom is 0.338 e. The molecule has 0 bridgehead atoms. The molecule has 3 rings (SSSR count). The van der Waals surface area contributed by atoms with Gasteiger partial charge < -0.3 is 14.8 Å². The molecule has 2 aromatic rings. The minimum atomic E-state index is -3.85. The quantitative estimate of drug-likeness (QED) is 0.583. The highest BCUT2D eigenvalue weighted by molar-refractivity contribution is 7.89. The molecule has 0 spiro atoms. The summed E-state index contributed by atoms with van der Waals surface area (Å²) in [6.45, 7) is 2.14. The van der Waals surface area contributed by atoms with E-state index in [0.717, 1.165) is 31.2 Å². The van der Waals surface area contributed by atoms with Crippen molar-refractivity contribution in [1.82, 2.24) is 4.31 Å². The standard InChI is InChI=1S/C23H27ClN2O6S/c1-16-7-9-18(14-19(16)24)25-22(27)15-32-23(28)17-8-10-20(31-2)21(13-17)33(29,30)26-11-5-3-4-6-12-26/h7-10,13-14H,3-6,11-12,15H2,1-2H3,(H,25,27). The lowest BCUT2D eigenvalue weighted by molar-refractivity contribution is -0.119. The van der Waals surface area contributed by atoms with Crippen LogP contribution in [0.5, 0.6) is 5.75 Å². The summed E-state index contributed by atoms with van der Waals surface area (Å²) in [6.07, 6.45) is 3.52. The van der Waals surface area contributed by atoms with Crippen molar-refractivity contribution in [2.75, 3.05) is 32.1 Å². The van der Waals surface area contributed by atoms with Crippen molar-refractivity contribution < 1.29 is 27.5 Å². The average molecular weight is 495 g/mol. The zero-order valence-electron chi connectivity index (χ0n) is 18.6. The first-order valence-corrected chi connectivity index (χ1v) is 12.5. The second-order valence-corrected chi connectivity index (χ2v) is 10.1. The van der Waals surface area contributed by atoms with E-state index in [1.165, 1.54) is 29.6 Å². The molecular formula is C23H27ClN2O6S. The Bertz CT molecular complexity index is 1130. The zero-order valence-corrected chi connectivity index (χ0v) is 20.2. The zero-order chi connectivity index (χ0) is 24.0. The highest BCUT2D eigenvalue weighted by atomic mass is 35.5. The molecule has 1 amide bonds.